The lowest BCUT2D eigenvalue weighted by molar-refractivity contribution is 0.0786. The van der Waals surface area contributed by atoms with Gasteiger partial charge < -0.3 is 19.7 Å². The number of fused-ring (bicyclic) bond motifs is 1. The van der Waals surface area contributed by atoms with E-state index in [2.05, 4.69) is 5.32 Å². The van der Waals surface area contributed by atoms with Crippen LogP contribution in [-0.4, -0.2) is 21.6 Å². The quantitative estimate of drug-likeness (QED) is 0.361. The summed E-state index contributed by atoms with van der Waals surface area (Å²) < 4.78 is 35.5. The minimum atomic E-state index is -1.20. The number of aromatic nitrogens is 1. The summed E-state index contributed by atoms with van der Waals surface area (Å²) in [7, 11) is 1.61. The largest absolute Gasteiger partial charge is 0.454 e. The summed E-state index contributed by atoms with van der Waals surface area (Å²) in [5, 5.41) is 14.1. The molecule has 1 saturated carbocycles. The monoisotopic (exact) mass is 510 g/mol. The summed E-state index contributed by atoms with van der Waals surface area (Å²) in [5.74, 6) is -1.77. The number of hydrogen-bond acceptors (Lipinski definition) is 5. The highest BCUT2D eigenvalue weighted by atomic mass is 32.1. The maximum Gasteiger partial charge on any atom is 0.268 e. The van der Waals surface area contributed by atoms with Gasteiger partial charge in [-0.25, -0.2) is 8.78 Å². The Hall–Kier alpha value is -3.56. The lowest BCUT2D eigenvalue weighted by atomic mass is 9.93. The Bertz CT molecular complexity index is 1560. The van der Waals surface area contributed by atoms with Crippen LogP contribution >= 0.6 is 11.3 Å². The van der Waals surface area contributed by atoms with Gasteiger partial charge in [-0.3, -0.25) is 9.59 Å². The van der Waals surface area contributed by atoms with Gasteiger partial charge in [-0.05, 0) is 62.6 Å². The topological polar surface area (TPSA) is 80.6 Å². The fourth-order valence-corrected chi connectivity index (χ4v) is 4.99. The fraction of sp³-hybridized carbons (Fsp3) is 0.259. The van der Waals surface area contributed by atoms with Crippen LogP contribution in [-0.2, 0) is 12.6 Å². The molecule has 186 valence electrons. The number of aryl methyl sites for hydroxylation is 1. The average molecular weight is 511 g/mol. The van der Waals surface area contributed by atoms with Crippen LogP contribution in [0.1, 0.15) is 41.9 Å². The van der Waals surface area contributed by atoms with Crippen LogP contribution in [0, 0.1) is 11.6 Å². The number of aliphatic hydroxyl groups is 1. The average Bonchev–Trinajstić information content (AvgIpc) is 3.51. The molecule has 5 rings (SSSR count). The van der Waals surface area contributed by atoms with E-state index in [4.69, 9.17) is 4.74 Å². The SMILES string of the molecule is Cn1cc(-c2cc(C(C)(C)O)ccc2Oc2ccc(F)cc2F)c2cc(C(=O)NC3CC3)sc2c1=O. The van der Waals surface area contributed by atoms with Crippen molar-refractivity contribution >= 4 is 27.3 Å². The zero-order valence-corrected chi connectivity index (χ0v) is 20.7. The fourth-order valence-electron chi connectivity index (χ4n) is 3.93. The van der Waals surface area contributed by atoms with Gasteiger partial charge in [-0.2, -0.15) is 0 Å². The van der Waals surface area contributed by atoms with E-state index in [0.717, 1.165) is 36.3 Å². The number of benzene rings is 2. The Morgan fingerprint density at radius 1 is 1.11 bits per heavy atom. The molecule has 1 amide bonds. The van der Waals surface area contributed by atoms with Gasteiger partial charge in [0, 0.05) is 41.9 Å². The number of carbonyl (C=O) groups excluding carboxylic acids is 1. The van der Waals surface area contributed by atoms with Crippen LogP contribution in [0.15, 0.2) is 53.5 Å². The summed E-state index contributed by atoms with van der Waals surface area (Å²) in [6.07, 6.45) is 3.50. The molecule has 0 radical (unpaired) electrons. The van der Waals surface area contributed by atoms with Gasteiger partial charge in [-0.1, -0.05) is 6.07 Å². The highest BCUT2D eigenvalue weighted by Crippen LogP contribution is 2.41. The minimum absolute atomic E-state index is 0.166. The maximum atomic E-state index is 14.4. The normalized spacial score (nSPS) is 13.7. The van der Waals surface area contributed by atoms with Crippen LogP contribution in [0.3, 0.4) is 0 Å². The van der Waals surface area contributed by atoms with Crippen molar-refractivity contribution < 1.29 is 23.4 Å². The Balaban J connectivity index is 1.71. The molecule has 1 fully saturated rings. The van der Waals surface area contributed by atoms with E-state index in [1.54, 1.807) is 51.4 Å². The molecule has 0 bridgehead atoms. The highest BCUT2D eigenvalue weighted by molar-refractivity contribution is 7.20. The molecule has 2 heterocycles. The number of hydrogen-bond donors (Lipinski definition) is 2. The first kappa shape index (κ1) is 24.1. The van der Waals surface area contributed by atoms with Gasteiger partial charge in [-0.15, -0.1) is 11.3 Å². The Morgan fingerprint density at radius 2 is 1.83 bits per heavy atom. The van der Waals surface area contributed by atoms with Gasteiger partial charge in [0.2, 0.25) is 0 Å². The molecule has 0 aliphatic heterocycles. The van der Waals surface area contributed by atoms with Crippen molar-refractivity contribution in [2.45, 2.75) is 38.3 Å². The summed E-state index contributed by atoms with van der Waals surface area (Å²) in [5.41, 5.74) is 0.157. The predicted molar refractivity (Wildman–Crippen MR) is 135 cm³/mol. The molecular weight excluding hydrogens is 486 g/mol. The Labute approximate surface area is 209 Å². The van der Waals surface area contributed by atoms with Crippen LogP contribution in [0.25, 0.3) is 21.2 Å². The van der Waals surface area contributed by atoms with Crippen LogP contribution in [0.4, 0.5) is 8.78 Å². The first-order valence-corrected chi connectivity index (χ1v) is 12.3. The van der Waals surface area contributed by atoms with Crippen molar-refractivity contribution in [1.82, 2.24) is 9.88 Å². The second-order valence-electron chi connectivity index (χ2n) is 9.51. The second kappa shape index (κ2) is 8.83. The van der Waals surface area contributed by atoms with Crippen molar-refractivity contribution in [3.63, 3.8) is 0 Å². The molecule has 36 heavy (non-hydrogen) atoms. The molecule has 0 atom stereocenters. The van der Waals surface area contributed by atoms with Crippen LogP contribution in [0.2, 0.25) is 0 Å². The van der Waals surface area contributed by atoms with Crippen LogP contribution in [0.5, 0.6) is 11.5 Å². The van der Waals surface area contributed by atoms with Gasteiger partial charge in [0.25, 0.3) is 11.5 Å². The first-order valence-electron chi connectivity index (χ1n) is 11.5. The number of pyridine rings is 1. The van der Waals surface area contributed by atoms with E-state index in [1.807, 2.05) is 0 Å². The minimum Gasteiger partial charge on any atom is -0.454 e. The van der Waals surface area contributed by atoms with Crippen molar-refractivity contribution in [2.75, 3.05) is 0 Å². The number of rotatable bonds is 6. The van der Waals surface area contributed by atoms with Crippen molar-refractivity contribution in [3.8, 4) is 22.6 Å². The summed E-state index contributed by atoms with van der Waals surface area (Å²) in [6.45, 7) is 3.26. The third kappa shape index (κ3) is 4.64. The number of thiophene rings is 1. The predicted octanol–water partition coefficient (Wildman–Crippen LogP) is 5.46. The molecule has 0 unspecified atom stereocenters. The molecule has 6 nitrogen and oxygen atoms in total. The first-order chi connectivity index (χ1) is 17.0. The molecule has 2 N–H and O–H groups in total. The number of ether oxygens (including phenoxy) is 1. The Kier molecular flexibility index (Phi) is 5.92. The van der Waals surface area contributed by atoms with Crippen molar-refractivity contribution in [3.05, 3.63) is 81.1 Å². The second-order valence-corrected chi connectivity index (χ2v) is 10.6. The third-order valence-electron chi connectivity index (χ3n) is 6.09. The number of nitrogens with zero attached hydrogens (tertiary/aromatic N) is 1. The van der Waals surface area contributed by atoms with E-state index in [1.165, 1.54) is 10.6 Å². The van der Waals surface area contributed by atoms with Crippen molar-refractivity contribution in [2.24, 2.45) is 7.05 Å². The summed E-state index contributed by atoms with van der Waals surface area (Å²) >= 11 is 1.11. The molecule has 9 heteroatoms. The van der Waals surface area contributed by atoms with E-state index < -0.39 is 17.2 Å². The van der Waals surface area contributed by atoms with Gasteiger partial charge in [0.1, 0.15) is 16.3 Å². The zero-order valence-electron chi connectivity index (χ0n) is 19.9. The summed E-state index contributed by atoms with van der Waals surface area (Å²) in [6, 6.07) is 9.81. The number of amides is 1. The molecule has 1 aliphatic rings. The lowest BCUT2D eigenvalue weighted by Gasteiger charge is -2.21. The zero-order chi connectivity index (χ0) is 25.8. The van der Waals surface area contributed by atoms with E-state index in [-0.39, 0.29) is 29.0 Å². The van der Waals surface area contributed by atoms with Gasteiger partial charge >= 0.3 is 0 Å². The number of nitrogens with one attached hydrogen (secondary N) is 1. The van der Waals surface area contributed by atoms with Gasteiger partial charge in [0.05, 0.1) is 10.5 Å². The number of halogens is 2. The molecule has 2 aromatic carbocycles. The lowest BCUT2D eigenvalue weighted by Crippen LogP contribution is -2.24. The van der Waals surface area contributed by atoms with Gasteiger partial charge in [0.15, 0.2) is 11.6 Å². The molecule has 0 saturated heterocycles. The third-order valence-corrected chi connectivity index (χ3v) is 7.21. The van der Waals surface area contributed by atoms with Crippen molar-refractivity contribution in [1.29, 1.82) is 0 Å². The highest BCUT2D eigenvalue weighted by Gasteiger charge is 2.26. The van der Waals surface area contributed by atoms with E-state index in [0.29, 0.717) is 31.7 Å². The summed E-state index contributed by atoms with van der Waals surface area (Å²) in [4.78, 5) is 26.1. The molecule has 4 aromatic rings. The maximum absolute atomic E-state index is 14.4. The smallest absolute Gasteiger partial charge is 0.268 e. The standard InChI is InChI=1S/C27H24F2N2O4S/c1-27(2,34)14-4-8-21(35-22-9-5-15(28)11-20(22)29)17(10-14)19-13-31(3)26(33)24-18(19)12-23(36-24)25(32)30-16-6-7-16/h4-5,8-13,16,34H,6-7H2,1-3H3,(H,30,32). The number of carbonyl (C=O) groups is 1. The molecular formula is C27H24F2N2O4S. The molecule has 2 aromatic heterocycles. The molecule has 0 spiro atoms. The van der Waals surface area contributed by atoms with E-state index >= 15 is 0 Å². The van der Waals surface area contributed by atoms with Crippen LogP contribution < -0.4 is 15.6 Å². The molecule has 1 aliphatic carbocycles. The Morgan fingerprint density at radius 3 is 2.50 bits per heavy atom. The van der Waals surface area contributed by atoms with E-state index in [9.17, 15) is 23.5 Å².